The molecule has 8 heteroatoms. The molecule has 184 valence electrons. The molecule has 1 unspecified atom stereocenters. The highest BCUT2D eigenvalue weighted by Gasteiger charge is 2.27. The summed E-state index contributed by atoms with van der Waals surface area (Å²) in [5.74, 6) is 0.775. The van der Waals surface area contributed by atoms with E-state index in [1.54, 1.807) is 14.1 Å². The molecule has 1 atom stereocenters. The number of hydroxylamine groups is 3. The van der Waals surface area contributed by atoms with Gasteiger partial charge in [0.05, 0.1) is 38.6 Å². The van der Waals surface area contributed by atoms with Crippen LogP contribution >= 0.6 is 27.3 Å². The summed E-state index contributed by atoms with van der Waals surface area (Å²) >= 11 is 5.02. The maximum Gasteiger partial charge on any atom is 0.262 e. The van der Waals surface area contributed by atoms with E-state index in [9.17, 15) is 10.0 Å². The van der Waals surface area contributed by atoms with E-state index >= 15 is 0 Å². The average molecular weight is 557 g/mol. The first-order chi connectivity index (χ1) is 16.7. The zero-order valence-electron chi connectivity index (χ0n) is 20.4. The smallest absolute Gasteiger partial charge is 0.262 e. The predicted molar refractivity (Wildman–Crippen MR) is 146 cm³/mol. The molecule has 0 spiro atoms. The summed E-state index contributed by atoms with van der Waals surface area (Å²) in [4.78, 5) is 21.8. The topological polar surface area (TPSA) is 58.4 Å². The molecule has 2 aromatic heterocycles. The van der Waals surface area contributed by atoms with E-state index in [1.165, 1.54) is 16.9 Å². The molecule has 0 saturated carbocycles. The highest BCUT2D eigenvalue weighted by molar-refractivity contribution is 9.10. The summed E-state index contributed by atoms with van der Waals surface area (Å²) in [6.07, 6.45) is 0.785. The third-order valence-corrected chi connectivity index (χ3v) is 7.49. The lowest BCUT2D eigenvalue weighted by Crippen LogP contribution is -2.44. The molecule has 4 aromatic rings. The average Bonchev–Trinajstić information content (AvgIpc) is 3.30. The van der Waals surface area contributed by atoms with Gasteiger partial charge in [0.1, 0.15) is 17.2 Å². The van der Waals surface area contributed by atoms with Crippen molar-refractivity contribution in [3.8, 4) is 0 Å². The van der Waals surface area contributed by atoms with Crippen molar-refractivity contribution in [1.82, 2.24) is 14.5 Å². The van der Waals surface area contributed by atoms with Gasteiger partial charge in [-0.1, -0.05) is 65.3 Å². The zero-order valence-corrected chi connectivity index (χ0v) is 22.8. The van der Waals surface area contributed by atoms with Gasteiger partial charge in [-0.15, -0.1) is 11.3 Å². The Labute approximate surface area is 218 Å². The molecule has 0 aliphatic heterocycles. The van der Waals surface area contributed by atoms with Crippen molar-refractivity contribution in [2.24, 2.45) is 0 Å². The molecule has 4 rings (SSSR count). The molecular formula is C27H32BrN4O2S+. The largest absolute Gasteiger partial charge is 0.290 e. The first-order valence-electron chi connectivity index (χ1n) is 11.8. The minimum absolute atomic E-state index is 0.00425. The first kappa shape index (κ1) is 25.7. The molecule has 0 saturated heterocycles. The number of benzene rings is 2. The molecule has 1 N–H and O–H groups in total. The number of likely N-dealkylation sites (N-methyl/N-ethyl adjacent to an activating group) is 1. The Balaban J connectivity index is 1.79. The summed E-state index contributed by atoms with van der Waals surface area (Å²) in [5, 5.41) is 13.0. The van der Waals surface area contributed by atoms with Gasteiger partial charge in [0.15, 0.2) is 0 Å². The molecule has 6 nitrogen and oxygen atoms in total. The van der Waals surface area contributed by atoms with Gasteiger partial charge in [0.2, 0.25) is 0 Å². The van der Waals surface area contributed by atoms with E-state index in [0.717, 1.165) is 27.1 Å². The quantitative estimate of drug-likeness (QED) is 0.202. The Morgan fingerprint density at radius 2 is 1.80 bits per heavy atom. The fourth-order valence-corrected chi connectivity index (χ4v) is 5.31. The van der Waals surface area contributed by atoms with E-state index in [0.29, 0.717) is 31.6 Å². The van der Waals surface area contributed by atoms with Crippen LogP contribution in [0.5, 0.6) is 0 Å². The molecule has 0 fully saturated rings. The number of rotatable bonds is 10. The predicted octanol–water partition coefficient (Wildman–Crippen LogP) is 5.69. The van der Waals surface area contributed by atoms with Crippen LogP contribution in [0.2, 0.25) is 0 Å². The van der Waals surface area contributed by atoms with E-state index < -0.39 is 0 Å². The number of hydrogen-bond acceptors (Lipinski definition) is 5. The van der Waals surface area contributed by atoms with Crippen LogP contribution in [-0.4, -0.2) is 51.5 Å². The summed E-state index contributed by atoms with van der Waals surface area (Å²) in [6.45, 7) is 4.50. The monoisotopic (exact) mass is 555 g/mol. The van der Waals surface area contributed by atoms with Gasteiger partial charge in [0.25, 0.3) is 5.56 Å². The van der Waals surface area contributed by atoms with Crippen molar-refractivity contribution in [2.75, 3.05) is 27.2 Å². The lowest BCUT2D eigenvalue weighted by Gasteiger charge is -2.33. The Kier molecular flexibility index (Phi) is 8.19. The third-order valence-electron chi connectivity index (χ3n) is 6.16. The summed E-state index contributed by atoms with van der Waals surface area (Å²) in [7, 11) is 3.56. The third kappa shape index (κ3) is 6.45. The number of quaternary nitrogens is 1. The normalized spacial score (nSPS) is 13.0. The minimum atomic E-state index is -0.124. The van der Waals surface area contributed by atoms with E-state index in [-0.39, 0.29) is 16.2 Å². The number of aromatic nitrogens is 2. The number of thiophene rings is 1. The van der Waals surface area contributed by atoms with Crippen LogP contribution < -0.4 is 5.56 Å². The van der Waals surface area contributed by atoms with Gasteiger partial charge in [-0.25, -0.2) is 10.2 Å². The Hall–Kier alpha value is -2.36. The fraction of sp³-hybridized carbons (Fsp3) is 0.333. The van der Waals surface area contributed by atoms with Gasteiger partial charge < -0.3 is 0 Å². The van der Waals surface area contributed by atoms with Gasteiger partial charge in [-0.05, 0) is 41.1 Å². The van der Waals surface area contributed by atoms with Crippen molar-refractivity contribution in [3.63, 3.8) is 0 Å². The second kappa shape index (κ2) is 11.1. The maximum atomic E-state index is 13.6. The van der Waals surface area contributed by atoms with Crippen LogP contribution in [0, 0.1) is 0 Å². The van der Waals surface area contributed by atoms with Crippen LogP contribution in [-0.2, 0) is 13.1 Å². The molecule has 0 aliphatic rings. The molecule has 0 aliphatic carbocycles. The standard InChI is InChI=1S/C27H32BrN4O2S/c1-4-24(30(15-16-32(2,3)34)18-21-10-12-22(28)13-11-21)25-29-26-23(14-17-35-26)27(33)31(25)19-20-8-6-5-7-9-20/h5-14,17,24,34H,4,15-16,18-19H2,1-3H3/q+1. The van der Waals surface area contributed by atoms with Crippen LogP contribution in [0.1, 0.15) is 36.3 Å². The molecule has 35 heavy (non-hydrogen) atoms. The summed E-state index contributed by atoms with van der Waals surface area (Å²) < 4.78 is 2.75. The van der Waals surface area contributed by atoms with Crippen molar-refractivity contribution < 1.29 is 9.85 Å². The van der Waals surface area contributed by atoms with E-state index in [4.69, 9.17) is 4.98 Å². The van der Waals surface area contributed by atoms with Crippen molar-refractivity contribution in [1.29, 1.82) is 0 Å². The highest BCUT2D eigenvalue weighted by Crippen LogP contribution is 2.28. The molecule has 0 radical (unpaired) electrons. The summed E-state index contributed by atoms with van der Waals surface area (Å²) in [6, 6.07) is 20.1. The van der Waals surface area contributed by atoms with Gasteiger partial charge in [-0.2, -0.15) is 4.65 Å². The zero-order chi connectivity index (χ0) is 25.0. The van der Waals surface area contributed by atoms with E-state index in [1.807, 2.05) is 58.5 Å². The molecule has 0 amide bonds. The van der Waals surface area contributed by atoms with Crippen LogP contribution in [0.4, 0.5) is 0 Å². The Morgan fingerprint density at radius 3 is 2.46 bits per heavy atom. The second-order valence-corrected chi connectivity index (χ2v) is 11.2. The van der Waals surface area contributed by atoms with Gasteiger partial charge in [0, 0.05) is 11.0 Å². The summed E-state index contributed by atoms with van der Waals surface area (Å²) in [5.41, 5.74) is 2.23. The lowest BCUT2D eigenvalue weighted by molar-refractivity contribution is -1.07. The number of fused-ring (bicyclic) bond motifs is 1. The number of halogens is 1. The van der Waals surface area contributed by atoms with Crippen LogP contribution in [0.3, 0.4) is 0 Å². The highest BCUT2D eigenvalue weighted by atomic mass is 79.9. The van der Waals surface area contributed by atoms with Crippen LogP contribution in [0.25, 0.3) is 10.2 Å². The van der Waals surface area contributed by atoms with Gasteiger partial charge in [-0.3, -0.25) is 14.3 Å². The number of hydrogen-bond donors (Lipinski definition) is 1. The Morgan fingerprint density at radius 1 is 1.09 bits per heavy atom. The fourth-order valence-electron chi connectivity index (χ4n) is 4.28. The van der Waals surface area contributed by atoms with Crippen LogP contribution in [0.15, 0.2) is 75.3 Å². The molecule has 2 heterocycles. The molecular weight excluding hydrogens is 524 g/mol. The van der Waals surface area contributed by atoms with Crippen molar-refractivity contribution in [2.45, 2.75) is 32.5 Å². The maximum absolute atomic E-state index is 13.6. The SMILES string of the molecule is CCC(c1nc2sccc2c(=O)n1Cc1ccccc1)N(CC[N+](C)(C)O)Cc1ccc(Br)cc1. The number of nitrogens with zero attached hydrogens (tertiary/aromatic N) is 4. The first-order valence-corrected chi connectivity index (χ1v) is 13.5. The van der Waals surface area contributed by atoms with E-state index in [2.05, 4.69) is 39.9 Å². The van der Waals surface area contributed by atoms with Crippen molar-refractivity contribution in [3.05, 3.63) is 97.8 Å². The van der Waals surface area contributed by atoms with Crippen molar-refractivity contribution >= 4 is 37.5 Å². The molecule has 2 aromatic carbocycles. The molecule has 0 bridgehead atoms. The minimum Gasteiger partial charge on any atom is -0.290 e. The van der Waals surface area contributed by atoms with Gasteiger partial charge >= 0.3 is 0 Å². The lowest BCUT2D eigenvalue weighted by atomic mass is 10.1. The second-order valence-electron chi connectivity index (χ2n) is 9.35. The Bertz CT molecular complexity index is 1310.